The van der Waals surface area contributed by atoms with Crippen LogP contribution in [0.1, 0.15) is 40.4 Å². The molecule has 6 nitrogen and oxygen atoms in total. The molecule has 0 unspecified atom stereocenters. The van der Waals surface area contributed by atoms with Crippen LogP contribution in [-0.2, 0) is 6.42 Å². The van der Waals surface area contributed by atoms with E-state index in [0.717, 1.165) is 30.7 Å². The van der Waals surface area contributed by atoms with Crippen LogP contribution in [0, 0.1) is 19.8 Å². The molecule has 1 saturated heterocycles. The van der Waals surface area contributed by atoms with E-state index < -0.39 is 5.69 Å². The highest BCUT2D eigenvalue weighted by atomic mass is 16.2. The van der Waals surface area contributed by atoms with E-state index in [1.165, 1.54) is 0 Å². The van der Waals surface area contributed by atoms with E-state index >= 15 is 0 Å². The van der Waals surface area contributed by atoms with Gasteiger partial charge in [0.05, 0.1) is 0 Å². The third-order valence-electron chi connectivity index (χ3n) is 4.35. The number of aryl methyl sites for hydroxylation is 2. The molecule has 126 valence electrons. The molecule has 0 saturated carbocycles. The summed E-state index contributed by atoms with van der Waals surface area (Å²) < 4.78 is 0. The molecule has 3 rings (SSSR count). The molecule has 0 bridgehead atoms. The van der Waals surface area contributed by atoms with Crippen molar-refractivity contribution in [1.29, 1.82) is 0 Å². The molecule has 1 atom stereocenters. The largest absolute Gasteiger partial charge is 0.345 e. The molecular weight excluding hydrogens is 304 g/mol. The van der Waals surface area contributed by atoms with Gasteiger partial charge in [0.25, 0.3) is 5.91 Å². The minimum absolute atomic E-state index is 0.161. The van der Waals surface area contributed by atoms with E-state index in [4.69, 9.17) is 0 Å². The van der Waals surface area contributed by atoms with Crippen LogP contribution >= 0.6 is 0 Å². The van der Waals surface area contributed by atoms with Crippen molar-refractivity contribution in [2.75, 3.05) is 13.1 Å². The Labute approximate surface area is 141 Å². The number of nitrogens with zero attached hydrogens (tertiary/aromatic N) is 3. The summed E-state index contributed by atoms with van der Waals surface area (Å²) in [6, 6.07) is 7.68. The van der Waals surface area contributed by atoms with Crippen molar-refractivity contribution in [3.05, 3.63) is 57.5 Å². The van der Waals surface area contributed by atoms with Gasteiger partial charge in [0.15, 0.2) is 0 Å². The van der Waals surface area contributed by atoms with Crippen LogP contribution < -0.4 is 5.69 Å². The van der Waals surface area contributed by atoms with E-state index in [0.29, 0.717) is 24.7 Å². The average Bonchev–Trinajstić information content (AvgIpc) is 2.53. The zero-order chi connectivity index (χ0) is 17.1. The van der Waals surface area contributed by atoms with E-state index in [2.05, 4.69) is 15.0 Å². The number of aromatic nitrogens is 3. The highest BCUT2D eigenvalue weighted by molar-refractivity contribution is 5.92. The maximum atomic E-state index is 12.7. The molecule has 0 spiro atoms. The molecule has 0 radical (unpaired) electrons. The van der Waals surface area contributed by atoms with Crippen molar-refractivity contribution in [3.8, 4) is 0 Å². The molecule has 1 aliphatic rings. The molecule has 6 heteroatoms. The molecule has 0 aromatic carbocycles. The number of pyridine rings is 1. The number of H-pyrrole nitrogens is 1. The van der Waals surface area contributed by atoms with E-state index in [1.807, 2.05) is 30.0 Å². The zero-order valence-electron chi connectivity index (χ0n) is 14.1. The predicted octanol–water partition coefficient (Wildman–Crippen LogP) is 1.88. The molecule has 1 amide bonds. The number of likely N-dealkylation sites (tertiary alicyclic amines) is 1. The van der Waals surface area contributed by atoms with Gasteiger partial charge < -0.3 is 9.88 Å². The van der Waals surface area contributed by atoms with Crippen molar-refractivity contribution in [2.24, 2.45) is 5.92 Å². The van der Waals surface area contributed by atoms with Crippen LogP contribution in [0.15, 0.2) is 29.1 Å². The first-order chi connectivity index (χ1) is 11.5. The van der Waals surface area contributed by atoms with Gasteiger partial charge in [-0.1, -0.05) is 6.07 Å². The molecule has 3 heterocycles. The highest BCUT2D eigenvalue weighted by Gasteiger charge is 2.26. The Morgan fingerprint density at radius 3 is 2.92 bits per heavy atom. The van der Waals surface area contributed by atoms with Crippen molar-refractivity contribution in [1.82, 2.24) is 19.9 Å². The lowest BCUT2D eigenvalue weighted by atomic mass is 9.93. The number of hydrogen-bond donors (Lipinski definition) is 1. The molecule has 2 aromatic rings. The summed E-state index contributed by atoms with van der Waals surface area (Å²) in [5, 5.41) is 0. The number of carbonyl (C=O) groups excluding carboxylic acids is 1. The van der Waals surface area contributed by atoms with E-state index in [1.54, 1.807) is 13.0 Å². The lowest BCUT2D eigenvalue weighted by Gasteiger charge is -2.32. The van der Waals surface area contributed by atoms with Gasteiger partial charge in [-0.25, -0.2) is 4.79 Å². The second-order valence-corrected chi connectivity index (χ2v) is 6.49. The summed E-state index contributed by atoms with van der Waals surface area (Å²) in [5.74, 6) is 0.228. The summed E-state index contributed by atoms with van der Waals surface area (Å²) >= 11 is 0. The fraction of sp³-hybridized carbons (Fsp3) is 0.444. The molecule has 0 aliphatic carbocycles. The van der Waals surface area contributed by atoms with Crippen molar-refractivity contribution >= 4 is 5.91 Å². The molecule has 1 aliphatic heterocycles. The number of aromatic amines is 1. The third kappa shape index (κ3) is 3.88. The Hall–Kier alpha value is -2.50. The van der Waals surface area contributed by atoms with Gasteiger partial charge in [-0.05, 0) is 57.2 Å². The first-order valence-corrected chi connectivity index (χ1v) is 8.31. The Morgan fingerprint density at radius 2 is 2.17 bits per heavy atom. The number of hydrogen-bond acceptors (Lipinski definition) is 4. The number of carbonyl (C=O) groups is 1. The monoisotopic (exact) mass is 326 g/mol. The summed E-state index contributed by atoms with van der Waals surface area (Å²) in [5.41, 5.74) is 2.48. The zero-order valence-corrected chi connectivity index (χ0v) is 14.1. The average molecular weight is 326 g/mol. The fourth-order valence-electron chi connectivity index (χ4n) is 3.28. The molecule has 1 fully saturated rings. The number of amides is 1. The third-order valence-corrected chi connectivity index (χ3v) is 4.35. The minimum Gasteiger partial charge on any atom is -0.337 e. The van der Waals surface area contributed by atoms with Gasteiger partial charge in [0.2, 0.25) is 0 Å². The quantitative estimate of drug-likeness (QED) is 0.934. The van der Waals surface area contributed by atoms with Crippen molar-refractivity contribution < 1.29 is 4.79 Å². The van der Waals surface area contributed by atoms with Gasteiger partial charge in [-0.15, -0.1) is 0 Å². The van der Waals surface area contributed by atoms with Crippen LogP contribution in [-0.4, -0.2) is 38.8 Å². The summed E-state index contributed by atoms with van der Waals surface area (Å²) in [4.78, 5) is 36.9. The number of piperidine rings is 1. The Morgan fingerprint density at radius 1 is 1.33 bits per heavy atom. The second kappa shape index (κ2) is 6.95. The smallest absolute Gasteiger partial charge is 0.337 e. The second-order valence-electron chi connectivity index (χ2n) is 6.49. The van der Waals surface area contributed by atoms with Crippen LogP contribution in [0.4, 0.5) is 0 Å². The maximum absolute atomic E-state index is 12.7. The van der Waals surface area contributed by atoms with Gasteiger partial charge in [0, 0.05) is 30.2 Å². The predicted molar refractivity (Wildman–Crippen MR) is 90.9 cm³/mol. The first kappa shape index (κ1) is 16.4. The van der Waals surface area contributed by atoms with Gasteiger partial charge in [0.1, 0.15) is 5.69 Å². The van der Waals surface area contributed by atoms with Crippen LogP contribution in [0.25, 0.3) is 0 Å². The summed E-state index contributed by atoms with van der Waals surface area (Å²) in [6.07, 6.45) is 2.92. The molecule has 2 aromatic heterocycles. The lowest BCUT2D eigenvalue weighted by molar-refractivity contribution is 0.0666. The first-order valence-electron chi connectivity index (χ1n) is 8.31. The Kier molecular flexibility index (Phi) is 4.74. The van der Waals surface area contributed by atoms with Crippen molar-refractivity contribution in [3.63, 3.8) is 0 Å². The molecular formula is C18H22N4O2. The van der Waals surface area contributed by atoms with Gasteiger partial charge >= 0.3 is 5.69 Å². The Balaban J connectivity index is 1.70. The topological polar surface area (TPSA) is 79.0 Å². The molecule has 24 heavy (non-hydrogen) atoms. The summed E-state index contributed by atoms with van der Waals surface area (Å²) in [6.45, 7) is 5.13. The fourth-order valence-corrected chi connectivity index (χ4v) is 3.28. The number of nitrogens with one attached hydrogen (secondary N) is 1. The standard InChI is InChI=1S/C18H22N4O2/c1-12-5-3-7-15(19-12)10-14-6-4-8-22(11-14)17(23)16-9-13(2)20-18(24)21-16/h3,5,7,9,14H,4,6,8,10-11H2,1-2H3,(H,20,21,24)/t14-/m1/s1. The van der Waals surface area contributed by atoms with Gasteiger partial charge in [-0.2, -0.15) is 4.98 Å². The highest BCUT2D eigenvalue weighted by Crippen LogP contribution is 2.21. The minimum atomic E-state index is -0.476. The van der Waals surface area contributed by atoms with E-state index in [9.17, 15) is 9.59 Å². The van der Waals surface area contributed by atoms with Crippen LogP contribution in [0.5, 0.6) is 0 Å². The number of rotatable bonds is 3. The molecule has 1 N–H and O–H groups in total. The Bertz CT molecular complexity index is 800. The van der Waals surface area contributed by atoms with E-state index in [-0.39, 0.29) is 11.6 Å². The van der Waals surface area contributed by atoms with Crippen LogP contribution in [0.3, 0.4) is 0 Å². The van der Waals surface area contributed by atoms with Crippen molar-refractivity contribution in [2.45, 2.75) is 33.1 Å². The maximum Gasteiger partial charge on any atom is 0.345 e. The summed E-state index contributed by atoms with van der Waals surface area (Å²) in [7, 11) is 0. The van der Waals surface area contributed by atoms with Gasteiger partial charge in [-0.3, -0.25) is 9.78 Å². The lowest BCUT2D eigenvalue weighted by Crippen LogP contribution is -2.41. The normalized spacial score (nSPS) is 17.8. The van der Waals surface area contributed by atoms with Crippen LogP contribution in [0.2, 0.25) is 0 Å². The SMILES string of the molecule is Cc1cccc(C[C@H]2CCCN(C(=O)c3cc(C)[nH]c(=O)n3)C2)n1.